The highest BCUT2D eigenvalue weighted by atomic mass is 16.5. The van der Waals surface area contributed by atoms with Gasteiger partial charge in [-0.1, -0.05) is 26.0 Å². The molecular formula is C29H32N4O4. The quantitative estimate of drug-likeness (QED) is 0.436. The number of imidazole rings is 1. The van der Waals surface area contributed by atoms with Crippen LogP contribution in [0.3, 0.4) is 0 Å². The fraction of sp³-hybridized carbons (Fsp3) is 0.414. The Hall–Kier alpha value is -3.51. The Kier molecular flexibility index (Phi) is 6.19. The fourth-order valence-corrected chi connectivity index (χ4v) is 5.51. The van der Waals surface area contributed by atoms with E-state index < -0.39 is 17.1 Å². The lowest BCUT2D eigenvalue weighted by Gasteiger charge is -2.39. The van der Waals surface area contributed by atoms with Crippen molar-refractivity contribution in [3.8, 4) is 6.07 Å². The predicted molar refractivity (Wildman–Crippen MR) is 140 cm³/mol. The number of hydrogen-bond donors (Lipinski definition) is 4. The lowest BCUT2D eigenvalue weighted by molar-refractivity contribution is -0.113. The first kappa shape index (κ1) is 25.2. The Balaban J connectivity index is 1.54. The zero-order valence-electron chi connectivity index (χ0n) is 21.4. The van der Waals surface area contributed by atoms with Gasteiger partial charge in [0.25, 0.3) is 5.91 Å². The number of aromatic nitrogens is 2. The van der Waals surface area contributed by atoms with Crippen molar-refractivity contribution >= 4 is 22.7 Å². The summed E-state index contributed by atoms with van der Waals surface area (Å²) in [5.74, 6) is -0.348. The number of hydrogen-bond acceptors (Lipinski definition) is 6. The normalized spacial score (nSPS) is 26.1. The molecule has 1 aromatic heterocycles. The van der Waals surface area contributed by atoms with Gasteiger partial charge in [-0.2, -0.15) is 5.26 Å². The largest absolute Gasteiger partial charge is 0.393 e. The molecule has 8 heteroatoms. The highest BCUT2D eigenvalue weighted by molar-refractivity contribution is 6.03. The Morgan fingerprint density at radius 1 is 1.24 bits per heavy atom. The molecule has 0 saturated carbocycles. The van der Waals surface area contributed by atoms with Gasteiger partial charge in [0.2, 0.25) is 0 Å². The van der Waals surface area contributed by atoms with E-state index in [0.717, 1.165) is 47.1 Å². The summed E-state index contributed by atoms with van der Waals surface area (Å²) in [6, 6.07) is 7.82. The van der Waals surface area contributed by atoms with Crippen LogP contribution in [-0.4, -0.2) is 50.5 Å². The molecule has 1 aliphatic carbocycles. The average molecular weight is 501 g/mol. The van der Waals surface area contributed by atoms with Gasteiger partial charge in [-0.3, -0.25) is 4.79 Å². The van der Waals surface area contributed by atoms with Gasteiger partial charge in [-0.25, -0.2) is 4.98 Å². The number of H-pyrrole nitrogens is 1. The summed E-state index contributed by atoms with van der Waals surface area (Å²) >= 11 is 0. The zero-order valence-corrected chi connectivity index (χ0v) is 21.4. The summed E-state index contributed by atoms with van der Waals surface area (Å²) in [7, 11) is 0. The molecule has 1 aromatic carbocycles. The van der Waals surface area contributed by atoms with Crippen molar-refractivity contribution in [1.82, 2.24) is 9.97 Å². The number of benzene rings is 1. The van der Waals surface area contributed by atoms with E-state index in [1.807, 2.05) is 37.3 Å². The van der Waals surface area contributed by atoms with Crippen molar-refractivity contribution in [2.24, 2.45) is 5.41 Å². The van der Waals surface area contributed by atoms with Crippen LogP contribution in [0.1, 0.15) is 73.9 Å². The van der Waals surface area contributed by atoms with Crippen molar-refractivity contribution in [1.29, 1.82) is 5.26 Å². The smallest absolute Gasteiger partial charge is 0.291 e. The maximum Gasteiger partial charge on any atom is 0.291 e. The molecule has 2 aliphatic heterocycles. The number of aliphatic hydroxyl groups is 2. The zero-order chi connectivity index (χ0) is 26.4. The van der Waals surface area contributed by atoms with E-state index in [-0.39, 0.29) is 30.1 Å². The van der Waals surface area contributed by atoms with Crippen LogP contribution in [0.4, 0.5) is 5.69 Å². The van der Waals surface area contributed by atoms with E-state index in [1.165, 1.54) is 6.20 Å². The number of allylic oxidation sites excluding steroid dienone is 2. The standard InChI is InChI=1S/C29H32N4O4/c1-18-11-28(16-34)12-21(13-29(18,17-35)37-28)20-4-5-24(33-26(36)25-31-15-22(14-30)32-25)23(10-20)19-6-8-27(2,3)9-7-19/h4-6,10-12,15,34-35H,7-9,13,16-17H2,1-3H3,(H,31,32)(H,33,36)/t28-,29+/m1/s1. The molecule has 0 radical (unpaired) electrons. The lowest BCUT2D eigenvalue weighted by atomic mass is 9.76. The van der Waals surface area contributed by atoms with E-state index in [4.69, 9.17) is 10.00 Å². The number of nitrogens with one attached hydrogen (secondary N) is 2. The molecule has 2 atom stereocenters. The third-order valence-corrected chi connectivity index (χ3v) is 7.83. The molecule has 2 aromatic rings. The fourth-order valence-electron chi connectivity index (χ4n) is 5.51. The summed E-state index contributed by atoms with van der Waals surface area (Å²) in [5, 5.41) is 32.4. The van der Waals surface area contributed by atoms with E-state index in [1.54, 1.807) is 0 Å². The molecule has 37 heavy (non-hydrogen) atoms. The second kappa shape index (κ2) is 9.10. The average Bonchev–Trinajstić information content (AvgIpc) is 3.45. The molecule has 0 saturated heterocycles. The number of ether oxygens (including phenoxy) is 1. The minimum atomic E-state index is -0.959. The van der Waals surface area contributed by atoms with Crippen LogP contribution < -0.4 is 5.32 Å². The van der Waals surface area contributed by atoms with Gasteiger partial charge in [0.1, 0.15) is 17.3 Å². The summed E-state index contributed by atoms with van der Waals surface area (Å²) in [6.45, 7) is 6.04. The van der Waals surface area contributed by atoms with E-state index >= 15 is 0 Å². The second-order valence-electron chi connectivity index (χ2n) is 11.1. The second-order valence-corrected chi connectivity index (χ2v) is 11.1. The van der Waals surface area contributed by atoms with Gasteiger partial charge in [-0.15, -0.1) is 0 Å². The SMILES string of the molecule is CC1=C[C@]2(CO)C=C(c3ccc(NC(=O)c4nc(C#N)c[nH]4)c(C4=CCC(C)(C)CC4)c3)C[C@@]1(CO)O2. The third-order valence-electron chi connectivity index (χ3n) is 7.83. The molecule has 0 unspecified atom stereocenters. The topological polar surface area (TPSA) is 131 Å². The number of carbonyl (C=O) groups is 1. The minimum absolute atomic E-state index is 0.0744. The van der Waals surface area contributed by atoms with Crippen molar-refractivity contribution in [3.63, 3.8) is 0 Å². The lowest BCUT2D eigenvalue weighted by Crippen LogP contribution is -2.45. The van der Waals surface area contributed by atoms with Gasteiger partial charge >= 0.3 is 0 Å². The Bertz CT molecular complexity index is 1390. The molecule has 0 spiro atoms. The van der Waals surface area contributed by atoms with Crippen LogP contribution in [0, 0.1) is 16.7 Å². The molecule has 192 valence electrons. The molecular weight excluding hydrogens is 468 g/mol. The molecule has 5 rings (SSSR count). The van der Waals surface area contributed by atoms with Crippen LogP contribution in [0.25, 0.3) is 11.1 Å². The Morgan fingerprint density at radius 3 is 2.70 bits per heavy atom. The maximum atomic E-state index is 12.9. The monoisotopic (exact) mass is 500 g/mol. The predicted octanol–water partition coefficient (Wildman–Crippen LogP) is 4.35. The van der Waals surface area contributed by atoms with Crippen molar-refractivity contribution in [2.45, 2.75) is 57.7 Å². The number of rotatable bonds is 6. The minimum Gasteiger partial charge on any atom is -0.393 e. The Labute approximate surface area is 216 Å². The number of fused-ring (bicyclic) bond motifs is 2. The summed E-state index contributed by atoms with van der Waals surface area (Å²) in [5.41, 5.74) is 4.14. The van der Waals surface area contributed by atoms with Gasteiger partial charge in [0, 0.05) is 23.9 Å². The highest BCUT2D eigenvalue weighted by Gasteiger charge is 2.50. The first-order valence-electron chi connectivity index (χ1n) is 12.6. The van der Waals surface area contributed by atoms with Crippen LogP contribution in [0.5, 0.6) is 0 Å². The molecule has 3 aliphatic rings. The number of aliphatic hydroxyl groups excluding tert-OH is 2. The van der Waals surface area contributed by atoms with Crippen LogP contribution in [-0.2, 0) is 4.74 Å². The highest BCUT2D eigenvalue weighted by Crippen LogP contribution is 2.49. The first-order valence-corrected chi connectivity index (χ1v) is 12.6. The molecule has 3 heterocycles. The van der Waals surface area contributed by atoms with Crippen molar-refractivity contribution in [2.75, 3.05) is 18.5 Å². The van der Waals surface area contributed by atoms with Crippen molar-refractivity contribution < 1.29 is 19.7 Å². The number of carbonyl (C=O) groups excluding carboxylic acids is 1. The van der Waals surface area contributed by atoms with Gasteiger partial charge in [0.05, 0.1) is 13.2 Å². The number of nitriles is 1. The molecule has 1 amide bonds. The molecule has 4 N–H and O–H groups in total. The van der Waals surface area contributed by atoms with E-state index in [2.05, 4.69) is 41.3 Å². The van der Waals surface area contributed by atoms with Gasteiger partial charge in [0.15, 0.2) is 11.5 Å². The number of amides is 1. The summed E-state index contributed by atoms with van der Waals surface area (Å²) in [4.78, 5) is 19.7. The maximum absolute atomic E-state index is 12.9. The van der Waals surface area contributed by atoms with E-state index in [0.29, 0.717) is 12.1 Å². The molecule has 8 nitrogen and oxygen atoms in total. The molecule has 0 fully saturated rings. The van der Waals surface area contributed by atoms with Gasteiger partial charge in [-0.05, 0) is 78.2 Å². The Morgan fingerprint density at radius 2 is 2.05 bits per heavy atom. The summed E-state index contributed by atoms with van der Waals surface area (Å²) < 4.78 is 6.17. The van der Waals surface area contributed by atoms with Gasteiger partial charge < -0.3 is 25.3 Å². The van der Waals surface area contributed by atoms with Crippen molar-refractivity contribution in [3.05, 3.63) is 70.8 Å². The van der Waals surface area contributed by atoms with Crippen LogP contribution in [0.2, 0.25) is 0 Å². The number of anilines is 1. The van der Waals surface area contributed by atoms with E-state index in [9.17, 15) is 15.0 Å². The molecule has 2 bridgehead atoms. The first-order chi connectivity index (χ1) is 17.6. The summed E-state index contributed by atoms with van der Waals surface area (Å²) in [6.07, 6.45) is 10.8. The van der Waals surface area contributed by atoms with Crippen LogP contribution >= 0.6 is 0 Å². The number of nitrogens with zero attached hydrogens (tertiary/aromatic N) is 2. The third kappa shape index (κ3) is 4.55. The van der Waals surface area contributed by atoms with Crippen LogP contribution in [0.15, 0.2) is 48.2 Å². The number of aromatic amines is 1.